The Morgan fingerprint density at radius 2 is 1.91 bits per heavy atom. The van der Waals surface area contributed by atoms with Crippen molar-refractivity contribution in [3.05, 3.63) is 40.4 Å². The number of fused-ring (bicyclic) bond motifs is 5. The SMILES string of the molecule is C[C@@]12C=C[C@@](CO)(O1)[C@@H]1C(=O)N(c3ccc(Cl)cc3Cl)C(=O)[C@H]12. The molecule has 3 heterocycles. The maximum atomic E-state index is 12.9. The number of hydrogen-bond donors (Lipinski definition) is 1. The average molecular weight is 354 g/mol. The molecule has 7 heteroatoms. The summed E-state index contributed by atoms with van der Waals surface area (Å²) in [6.07, 6.45) is 3.44. The number of nitrogens with zero attached hydrogens (tertiary/aromatic N) is 1. The zero-order valence-electron chi connectivity index (χ0n) is 12.1. The van der Waals surface area contributed by atoms with E-state index in [-0.39, 0.29) is 17.5 Å². The largest absolute Gasteiger partial charge is 0.393 e. The lowest BCUT2D eigenvalue weighted by Crippen LogP contribution is -2.43. The first-order valence-electron chi connectivity index (χ1n) is 7.17. The molecule has 2 amide bonds. The second-order valence-electron chi connectivity index (χ2n) is 6.30. The summed E-state index contributed by atoms with van der Waals surface area (Å²) in [7, 11) is 0. The maximum absolute atomic E-state index is 12.9. The number of carbonyl (C=O) groups excluding carboxylic acids is 2. The predicted molar refractivity (Wildman–Crippen MR) is 84.4 cm³/mol. The average Bonchev–Trinajstić information content (AvgIpc) is 3.07. The minimum Gasteiger partial charge on any atom is -0.393 e. The van der Waals surface area contributed by atoms with Crippen LogP contribution >= 0.6 is 23.2 Å². The zero-order valence-corrected chi connectivity index (χ0v) is 13.6. The monoisotopic (exact) mass is 353 g/mol. The van der Waals surface area contributed by atoms with Crippen molar-refractivity contribution in [2.75, 3.05) is 11.5 Å². The van der Waals surface area contributed by atoms with E-state index in [4.69, 9.17) is 27.9 Å². The molecule has 120 valence electrons. The Hall–Kier alpha value is -1.40. The molecule has 0 aromatic heterocycles. The van der Waals surface area contributed by atoms with Gasteiger partial charge in [-0.1, -0.05) is 35.4 Å². The predicted octanol–water partition coefficient (Wildman–Crippen LogP) is 2.19. The number of imide groups is 1. The number of carbonyl (C=O) groups is 2. The fourth-order valence-electron chi connectivity index (χ4n) is 3.94. The Bertz CT molecular complexity index is 779. The third-order valence-corrected chi connectivity index (χ3v) is 5.49. The van der Waals surface area contributed by atoms with Crippen LogP contribution < -0.4 is 4.90 Å². The summed E-state index contributed by atoms with van der Waals surface area (Å²) in [6.45, 7) is 1.39. The van der Waals surface area contributed by atoms with Gasteiger partial charge in [0.1, 0.15) is 5.60 Å². The van der Waals surface area contributed by atoms with E-state index in [1.807, 2.05) is 0 Å². The van der Waals surface area contributed by atoms with Crippen LogP contribution in [0.2, 0.25) is 10.0 Å². The van der Waals surface area contributed by atoms with Gasteiger partial charge in [0, 0.05) is 5.02 Å². The van der Waals surface area contributed by atoms with E-state index >= 15 is 0 Å². The molecular formula is C16H13Cl2NO4. The Kier molecular flexibility index (Phi) is 3.01. The van der Waals surface area contributed by atoms with E-state index in [9.17, 15) is 14.7 Å². The summed E-state index contributed by atoms with van der Waals surface area (Å²) in [4.78, 5) is 26.9. The molecule has 1 N–H and O–H groups in total. The van der Waals surface area contributed by atoms with Gasteiger partial charge in [0.05, 0.1) is 34.8 Å². The highest BCUT2D eigenvalue weighted by Gasteiger charge is 2.72. The number of amides is 2. The third-order valence-electron chi connectivity index (χ3n) is 4.95. The molecule has 0 radical (unpaired) electrons. The Morgan fingerprint density at radius 3 is 2.57 bits per heavy atom. The van der Waals surface area contributed by atoms with Crippen LogP contribution in [-0.2, 0) is 14.3 Å². The number of aliphatic hydroxyl groups excluding tert-OH is 1. The molecule has 0 unspecified atom stereocenters. The summed E-state index contributed by atoms with van der Waals surface area (Å²) in [6, 6.07) is 4.61. The van der Waals surface area contributed by atoms with Crippen LogP contribution in [0, 0.1) is 11.8 Å². The van der Waals surface area contributed by atoms with E-state index in [2.05, 4.69) is 0 Å². The van der Waals surface area contributed by atoms with E-state index in [0.717, 1.165) is 4.90 Å². The van der Waals surface area contributed by atoms with Crippen molar-refractivity contribution in [2.24, 2.45) is 11.8 Å². The van der Waals surface area contributed by atoms with Gasteiger partial charge in [0.25, 0.3) is 0 Å². The normalized spacial score (nSPS) is 37.8. The lowest BCUT2D eigenvalue weighted by atomic mass is 9.73. The number of anilines is 1. The minimum atomic E-state index is -1.14. The fraction of sp³-hybridized carbons (Fsp3) is 0.375. The molecule has 0 spiro atoms. The first-order chi connectivity index (χ1) is 10.8. The first-order valence-corrected chi connectivity index (χ1v) is 7.93. The van der Waals surface area contributed by atoms with Crippen LogP contribution in [-0.4, -0.2) is 34.7 Å². The van der Waals surface area contributed by atoms with Gasteiger partial charge in [-0.15, -0.1) is 0 Å². The maximum Gasteiger partial charge on any atom is 0.241 e. The summed E-state index contributed by atoms with van der Waals surface area (Å²) in [5, 5.41) is 10.4. The molecule has 1 aromatic rings. The van der Waals surface area contributed by atoms with Gasteiger partial charge in [-0.05, 0) is 25.1 Å². The van der Waals surface area contributed by atoms with Gasteiger partial charge in [-0.3, -0.25) is 9.59 Å². The van der Waals surface area contributed by atoms with Crippen LogP contribution in [0.5, 0.6) is 0 Å². The van der Waals surface area contributed by atoms with Gasteiger partial charge < -0.3 is 9.84 Å². The molecule has 3 aliphatic rings. The first kappa shape index (κ1) is 15.1. The van der Waals surface area contributed by atoms with Crippen LogP contribution in [0.25, 0.3) is 0 Å². The molecule has 0 saturated carbocycles. The minimum absolute atomic E-state index is 0.226. The van der Waals surface area contributed by atoms with Crippen molar-refractivity contribution in [3.8, 4) is 0 Å². The van der Waals surface area contributed by atoms with Crippen LogP contribution in [0.15, 0.2) is 30.4 Å². The standard InChI is InChI=1S/C16H13Cl2NO4/c1-15-4-5-16(7-20,23-15)12-11(15)13(21)19(14(12)22)10-3-2-8(17)6-9(10)18/h2-6,11-12,20H,7H2,1H3/t11-,12-,15-,16-/m0/s1. The second-order valence-corrected chi connectivity index (χ2v) is 7.14. The number of ether oxygens (including phenoxy) is 1. The molecule has 23 heavy (non-hydrogen) atoms. The van der Waals surface area contributed by atoms with Gasteiger partial charge in [-0.2, -0.15) is 0 Å². The molecule has 2 saturated heterocycles. The molecular weight excluding hydrogens is 341 g/mol. The topological polar surface area (TPSA) is 66.8 Å². The van der Waals surface area contributed by atoms with Crippen LogP contribution in [0.3, 0.4) is 0 Å². The molecule has 4 rings (SSSR count). The number of hydrogen-bond acceptors (Lipinski definition) is 4. The van der Waals surface area contributed by atoms with Gasteiger partial charge in [0.15, 0.2) is 0 Å². The smallest absolute Gasteiger partial charge is 0.241 e. The lowest BCUT2D eigenvalue weighted by Gasteiger charge is -2.27. The van der Waals surface area contributed by atoms with Crippen molar-refractivity contribution < 1.29 is 19.4 Å². The summed E-state index contributed by atoms with van der Waals surface area (Å²) < 4.78 is 5.85. The van der Waals surface area contributed by atoms with Gasteiger partial charge in [0.2, 0.25) is 11.8 Å². The highest BCUT2D eigenvalue weighted by Crippen LogP contribution is 2.57. The van der Waals surface area contributed by atoms with Crippen molar-refractivity contribution >= 4 is 40.7 Å². The molecule has 1 aromatic carbocycles. The Morgan fingerprint density at radius 1 is 1.22 bits per heavy atom. The fourth-order valence-corrected chi connectivity index (χ4v) is 4.43. The number of rotatable bonds is 2. The second kappa shape index (κ2) is 4.57. The van der Waals surface area contributed by atoms with Crippen molar-refractivity contribution in [1.29, 1.82) is 0 Å². The number of benzene rings is 1. The van der Waals surface area contributed by atoms with E-state index in [1.165, 1.54) is 6.07 Å². The van der Waals surface area contributed by atoms with Crippen molar-refractivity contribution in [3.63, 3.8) is 0 Å². The number of aliphatic hydroxyl groups is 1. The highest BCUT2D eigenvalue weighted by molar-refractivity contribution is 6.38. The highest BCUT2D eigenvalue weighted by atomic mass is 35.5. The van der Waals surface area contributed by atoms with E-state index in [0.29, 0.717) is 10.7 Å². The molecule has 2 fully saturated rings. The van der Waals surface area contributed by atoms with E-state index < -0.39 is 28.9 Å². The van der Waals surface area contributed by atoms with Crippen molar-refractivity contribution in [1.82, 2.24) is 0 Å². The summed E-state index contributed by atoms with van der Waals surface area (Å²) >= 11 is 12.0. The lowest BCUT2D eigenvalue weighted by molar-refractivity contribution is -0.131. The molecule has 5 nitrogen and oxygen atoms in total. The third kappa shape index (κ3) is 1.76. The quantitative estimate of drug-likeness (QED) is 0.653. The van der Waals surface area contributed by atoms with Gasteiger partial charge >= 0.3 is 0 Å². The molecule has 4 atom stereocenters. The van der Waals surface area contributed by atoms with Crippen LogP contribution in [0.4, 0.5) is 5.69 Å². The summed E-state index contributed by atoms with van der Waals surface area (Å²) in [5.74, 6) is -2.20. The molecule has 3 aliphatic heterocycles. The zero-order chi connectivity index (χ0) is 16.6. The Labute approximate surface area is 142 Å². The summed E-state index contributed by atoms with van der Waals surface area (Å²) in [5.41, 5.74) is -1.73. The van der Waals surface area contributed by atoms with Crippen LogP contribution in [0.1, 0.15) is 6.92 Å². The Balaban J connectivity index is 1.83. The van der Waals surface area contributed by atoms with E-state index in [1.54, 1.807) is 31.2 Å². The van der Waals surface area contributed by atoms with Crippen molar-refractivity contribution in [2.45, 2.75) is 18.1 Å². The molecule has 2 bridgehead atoms. The molecule has 0 aliphatic carbocycles. The number of halogens is 2. The van der Waals surface area contributed by atoms with Gasteiger partial charge in [-0.25, -0.2) is 4.90 Å².